The van der Waals surface area contributed by atoms with E-state index < -0.39 is 5.97 Å². The molecule has 24 heavy (non-hydrogen) atoms. The molecule has 0 radical (unpaired) electrons. The van der Waals surface area contributed by atoms with Gasteiger partial charge in [0.05, 0.1) is 5.57 Å². The van der Waals surface area contributed by atoms with E-state index in [9.17, 15) is 9.90 Å². The number of allylic oxidation sites excluding steroid dienone is 4. The van der Waals surface area contributed by atoms with Crippen molar-refractivity contribution < 1.29 is 14.6 Å². The highest BCUT2D eigenvalue weighted by atomic mass is 16.5. The van der Waals surface area contributed by atoms with Crippen molar-refractivity contribution in [3.8, 4) is 23.3 Å². The lowest BCUT2D eigenvalue weighted by atomic mass is 9.81. The second-order valence-corrected chi connectivity index (χ2v) is 6.21. The normalized spacial score (nSPS) is 20.4. The third-order valence-corrected chi connectivity index (χ3v) is 3.80. The molecule has 0 fully saturated rings. The summed E-state index contributed by atoms with van der Waals surface area (Å²) in [5.74, 6) is 6.30. The number of hydrogen-bond donors (Lipinski definition) is 1. The van der Waals surface area contributed by atoms with E-state index in [2.05, 4.69) is 31.8 Å². The van der Waals surface area contributed by atoms with Crippen LogP contribution in [0, 0.1) is 23.2 Å². The third kappa shape index (κ3) is 4.89. The SMILES string of the molecule is CC#CC(C)CC1(C)C=CC=C(C(=O)Oc2cccc(O)c2)C=C1. The van der Waals surface area contributed by atoms with Crippen LogP contribution in [0.4, 0.5) is 0 Å². The van der Waals surface area contributed by atoms with E-state index in [1.807, 2.05) is 19.1 Å². The Hall–Kier alpha value is -2.73. The van der Waals surface area contributed by atoms with Gasteiger partial charge in [-0.15, -0.1) is 11.8 Å². The molecule has 1 aromatic carbocycles. The molecule has 3 nitrogen and oxygen atoms in total. The number of hydrogen-bond acceptors (Lipinski definition) is 3. The fourth-order valence-corrected chi connectivity index (χ4v) is 2.71. The summed E-state index contributed by atoms with van der Waals surface area (Å²) >= 11 is 0. The molecule has 0 bridgehead atoms. The number of carbonyl (C=O) groups is 1. The molecule has 0 aromatic heterocycles. The number of rotatable bonds is 4. The number of aromatic hydroxyl groups is 1. The summed E-state index contributed by atoms with van der Waals surface area (Å²) in [6.07, 6.45) is 10.4. The average Bonchev–Trinajstić information content (AvgIpc) is 2.69. The van der Waals surface area contributed by atoms with Gasteiger partial charge in [0.1, 0.15) is 11.5 Å². The van der Waals surface area contributed by atoms with Crippen LogP contribution in [0.25, 0.3) is 0 Å². The zero-order valence-electron chi connectivity index (χ0n) is 14.2. The number of phenols is 1. The maximum atomic E-state index is 12.3. The Morgan fingerprint density at radius 3 is 2.88 bits per heavy atom. The molecule has 0 saturated carbocycles. The number of benzene rings is 1. The molecule has 1 aliphatic rings. The molecule has 2 unspecified atom stereocenters. The number of phenolic OH excluding ortho intramolecular Hbond substituents is 1. The van der Waals surface area contributed by atoms with Gasteiger partial charge in [0, 0.05) is 17.4 Å². The van der Waals surface area contributed by atoms with E-state index in [1.54, 1.807) is 24.3 Å². The molecule has 0 amide bonds. The topological polar surface area (TPSA) is 46.5 Å². The van der Waals surface area contributed by atoms with Gasteiger partial charge in [-0.2, -0.15) is 0 Å². The number of esters is 1. The Labute approximate surface area is 143 Å². The van der Waals surface area contributed by atoms with Crippen LogP contribution >= 0.6 is 0 Å². The Bertz CT molecular complexity index is 759. The van der Waals surface area contributed by atoms with Crippen molar-refractivity contribution in [1.29, 1.82) is 0 Å². The van der Waals surface area contributed by atoms with E-state index in [1.165, 1.54) is 12.1 Å². The Morgan fingerprint density at radius 1 is 1.38 bits per heavy atom. The Morgan fingerprint density at radius 2 is 2.17 bits per heavy atom. The predicted octanol–water partition coefficient (Wildman–Crippen LogP) is 4.41. The van der Waals surface area contributed by atoms with E-state index in [-0.39, 0.29) is 17.1 Å². The fraction of sp³-hybridized carbons (Fsp3) is 0.286. The molecule has 0 heterocycles. The van der Waals surface area contributed by atoms with E-state index in [0.29, 0.717) is 11.3 Å². The second kappa shape index (κ2) is 7.70. The molecule has 2 atom stereocenters. The quantitative estimate of drug-likeness (QED) is 0.507. The summed E-state index contributed by atoms with van der Waals surface area (Å²) in [6, 6.07) is 6.19. The summed E-state index contributed by atoms with van der Waals surface area (Å²) < 4.78 is 5.30. The zero-order valence-corrected chi connectivity index (χ0v) is 14.2. The van der Waals surface area contributed by atoms with Gasteiger partial charge < -0.3 is 9.84 Å². The first-order valence-electron chi connectivity index (χ1n) is 7.94. The maximum absolute atomic E-state index is 12.3. The minimum absolute atomic E-state index is 0.0594. The van der Waals surface area contributed by atoms with E-state index >= 15 is 0 Å². The van der Waals surface area contributed by atoms with Gasteiger partial charge in [-0.3, -0.25) is 0 Å². The summed E-state index contributed by atoms with van der Waals surface area (Å²) in [4.78, 5) is 12.3. The predicted molar refractivity (Wildman–Crippen MR) is 95.4 cm³/mol. The molecular weight excluding hydrogens is 300 g/mol. The van der Waals surface area contributed by atoms with Crippen LogP contribution in [0.15, 0.2) is 60.2 Å². The Balaban J connectivity index is 2.09. The molecular formula is C21H22O3. The largest absolute Gasteiger partial charge is 0.508 e. The van der Waals surface area contributed by atoms with Gasteiger partial charge in [0.15, 0.2) is 0 Å². The lowest BCUT2D eigenvalue weighted by Gasteiger charge is -2.23. The monoisotopic (exact) mass is 322 g/mol. The highest BCUT2D eigenvalue weighted by molar-refractivity contribution is 5.93. The van der Waals surface area contributed by atoms with Crippen LogP contribution in [0.2, 0.25) is 0 Å². The lowest BCUT2D eigenvalue weighted by molar-refractivity contribution is -0.129. The summed E-state index contributed by atoms with van der Waals surface area (Å²) in [5.41, 5.74) is 0.305. The van der Waals surface area contributed by atoms with Gasteiger partial charge in [-0.25, -0.2) is 4.79 Å². The van der Waals surface area contributed by atoms with Gasteiger partial charge in [0.25, 0.3) is 0 Å². The lowest BCUT2D eigenvalue weighted by Crippen LogP contribution is -2.14. The molecule has 0 aliphatic heterocycles. The van der Waals surface area contributed by atoms with Gasteiger partial charge in [-0.05, 0) is 31.6 Å². The summed E-state index contributed by atoms with van der Waals surface area (Å²) in [7, 11) is 0. The minimum Gasteiger partial charge on any atom is -0.508 e. The van der Waals surface area contributed by atoms with Crippen LogP contribution in [0.1, 0.15) is 27.2 Å². The molecule has 1 aliphatic carbocycles. The van der Waals surface area contributed by atoms with Crippen molar-refractivity contribution in [1.82, 2.24) is 0 Å². The minimum atomic E-state index is -0.452. The molecule has 1 aromatic rings. The molecule has 124 valence electrons. The smallest absolute Gasteiger partial charge is 0.343 e. The standard InChI is InChI=1S/C21H22O3/c1-4-7-16(2)15-21(3)12-6-8-17(11-13-21)20(23)24-19-10-5-9-18(22)14-19/h5-6,8-14,16,22H,15H2,1-3H3. The zero-order chi connectivity index (χ0) is 17.6. The van der Waals surface area contributed by atoms with Crippen molar-refractivity contribution in [2.45, 2.75) is 27.2 Å². The van der Waals surface area contributed by atoms with Crippen molar-refractivity contribution in [2.24, 2.45) is 11.3 Å². The van der Waals surface area contributed by atoms with Gasteiger partial charge >= 0.3 is 5.97 Å². The third-order valence-electron chi connectivity index (χ3n) is 3.80. The Kier molecular flexibility index (Phi) is 5.65. The van der Waals surface area contributed by atoms with Crippen molar-refractivity contribution in [3.05, 3.63) is 60.2 Å². The first-order chi connectivity index (χ1) is 11.4. The first-order valence-corrected chi connectivity index (χ1v) is 7.94. The molecule has 0 spiro atoms. The average molecular weight is 322 g/mol. The van der Waals surface area contributed by atoms with Crippen molar-refractivity contribution in [3.63, 3.8) is 0 Å². The summed E-state index contributed by atoms with van der Waals surface area (Å²) in [6.45, 7) is 6.05. The van der Waals surface area contributed by atoms with Gasteiger partial charge in [0.2, 0.25) is 0 Å². The molecule has 3 heteroatoms. The van der Waals surface area contributed by atoms with E-state index in [0.717, 1.165) is 6.42 Å². The maximum Gasteiger partial charge on any atom is 0.343 e. The number of carbonyl (C=O) groups excluding carboxylic acids is 1. The fourth-order valence-electron chi connectivity index (χ4n) is 2.71. The van der Waals surface area contributed by atoms with Crippen molar-refractivity contribution in [2.75, 3.05) is 0 Å². The first kappa shape index (κ1) is 17.6. The van der Waals surface area contributed by atoms with Crippen LogP contribution in [0.5, 0.6) is 11.5 Å². The van der Waals surface area contributed by atoms with Crippen LogP contribution in [0.3, 0.4) is 0 Å². The summed E-state index contributed by atoms with van der Waals surface area (Å²) in [5, 5.41) is 9.44. The van der Waals surface area contributed by atoms with Crippen molar-refractivity contribution >= 4 is 5.97 Å². The number of ether oxygens (including phenoxy) is 1. The molecule has 1 N–H and O–H groups in total. The highest BCUT2D eigenvalue weighted by Crippen LogP contribution is 2.31. The van der Waals surface area contributed by atoms with Crippen LogP contribution < -0.4 is 4.74 Å². The van der Waals surface area contributed by atoms with E-state index in [4.69, 9.17) is 4.74 Å². The van der Waals surface area contributed by atoms with Crippen LogP contribution in [-0.4, -0.2) is 11.1 Å². The highest BCUT2D eigenvalue weighted by Gasteiger charge is 2.22. The molecule has 0 saturated heterocycles. The van der Waals surface area contributed by atoms with Gasteiger partial charge in [-0.1, -0.05) is 44.2 Å². The van der Waals surface area contributed by atoms with Crippen LogP contribution in [-0.2, 0) is 4.79 Å². The molecule has 2 rings (SSSR count). The second-order valence-electron chi connectivity index (χ2n) is 6.21.